The molecule has 0 spiro atoms. The summed E-state index contributed by atoms with van der Waals surface area (Å²) in [5.41, 5.74) is 0.830. The summed E-state index contributed by atoms with van der Waals surface area (Å²) in [7, 11) is 0. The van der Waals surface area contributed by atoms with Gasteiger partial charge in [-0.25, -0.2) is 0 Å². The summed E-state index contributed by atoms with van der Waals surface area (Å²) < 4.78 is 10.7. The Bertz CT molecular complexity index is 367. The van der Waals surface area contributed by atoms with Crippen molar-refractivity contribution in [1.82, 2.24) is 0 Å². The third-order valence-electron chi connectivity index (χ3n) is 2.51. The Morgan fingerprint density at radius 1 is 1.38 bits per heavy atom. The molecule has 0 aromatic heterocycles. The van der Waals surface area contributed by atoms with Gasteiger partial charge in [0.25, 0.3) is 0 Å². The van der Waals surface area contributed by atoms with Gasteiger partial charge in [-0.15, -0.1) is 0 Å². The molecule has 1 atom stereocenters. The summed E-state index contributed by atoms with van der Waals surface area (Å²) in [6.07, 6.45) is 2.16. The molecule has 3 heteroatoms. The van der Waals surface area contributed by atoms with Crippen LogP contribution in [0.1, 0.15) is 25.0 Å². The summed E-state index contributed by atoms with van der Waals surface area (Å²) in [6.45, 7) is 3.26. The van der Waals surface area contributed by atoms with Crippen molar-refractivity contribution in [2.75, 3.05) is 13.2 Å². The predicted octanol–water partition coefficient (Wildman–Crippen LogP) is 2.42. The van der Waals surface area contributed by atoms with Gasteiger partial charge in [-0.2, -0.15) is 0 Å². The van der Waals surface area contributed by atoms with Crippen molar-refractivity contribution < 1.29 is 14.6 Å². The van der Waals surface area contributed by atoms with Crippen molar-refractivity contribution in [3.05, 3.63) is 41.7 Å². The SMILES string of the molecule is CCOc1ccc(C(O)C2=CCCO2)cc1. The fourth-order valence-corrected chi connectivity index (χ4v) is 1.70. The van der Waals surface area contributed by atoms with E-state index in [9.17, 15) is 5.11 Å². The Kier molecular flexibility index (Phi) is 3.47. The molecule has 0 saturated heterocycles. The first-order chi connectivity index (χ1) is 7.81. The van der Waals surface area contributed by atoms with E-state index in [1.54, 1.807) is 0 Å². The molecule has 1 aliphatic heterocycles. The van der Waals surface area contributed by atoms with E-state index in [0.29, 0.717) is 19.0 Å². The molecule has 0 amide bonds. The number of hydrogen-bond acceptors (Lipinski definition) is 3. The first kappa shape index (κ1) is 11.0. The fourth-order valence-electron chi connectivity index (χ4n) is 1.70. The van der Waals surface area contributed by atoms with E-state index < -0.39 is 6.10 Å². The fraction of sp³-hybridized carbons (Fsp3) is 0.385. The van der Waals surface area contributed by atoms with Crippen LogP contribution in [0.5, 0.6) is 5.75 Å². The van der Waals surface area contributed by atoms with Crippen molar-refractivity contribution in [1.29, 1.82) is 0 Å². The highest BCUT2D eigenvalue weighted by Gasteiger charge is 2.17. The van der Waals surface area contributed by atoms with Gasteiger partial charge >= 0.3 is 0 Å². The van der Waals surface area contributed by atoms with Crippen LogP contribution in [-0.2, 0) is 4.74 Å². The molecule has 3 nitrogen and oxygen atoms in total. The highest BCUT2D eigenvalue weighted by atomic mass is 16.5. The number of rotatable bonds is 4. The van der Waals surface area contributed by atoms with Crippen molar-refractivity contribution in [3.63, 3.8) is 0 Å². The van der Waals surface area contributed by atoms with E-state index in [-0.39, 0.29) is 0 Å². The molecule has 0 aliphatic carbocycles. The van der Waals surface area contributed by atoms with E-state index in [4.69, 9.17) is 9.47 Å². The Morgan fingerprint density at radius 3 is 2.69 bits per heavy atom. The van der Waals surface area contributed by atoms with Gasteiger partial charge in [0.05, 0.1) is 13.2 Å². The maximum atomic E-state index is 10.0. The zero-order valence-electron chi connectivity index (χ0n) is 9.35. The standard InChI is InChI=1S/C13H16O3/c1-2-15-11-7-5-10(6-8-11)13(14)12-4-3-9-16-12/h4-8,13-14H,2-3,9H2,1H3. The first-order valence-electron chi connectivity index (χ1n) is 5.55. The second kappa shape index (κ2) is 5.03. The first-order valence-corrected chi connectivity index (χ1v) is 5.55. The summed E-state index contributed by atoms with van der Waals surface area (Å²) in [5, 5.41) is 10.0. The lowest BCUT2D eigenvalue weighted by atomic mass is 10.1. The van der Waals surface area contributed by atoms with Gasteiger partial charge in [-0.05, 0) is 30.7 Å². The van der Waals surface area contributed by atoms with Crippen LogP contribution in [0, 0.1) is 0 Å². The topological polar surface area (TPSA) is 38.7 Å². The second-order valence-electron chi connectivity index (χ2n) is 3.65. The summed E-state index contributed by atoms with van der Waals surface area (Å²) in [5.74, 6) is 1.48. The maximum Gasteiger partial charge on any atom is 0.136 e. The average molecular weight is 220 g/mol. The molecule has 0 radical (unpaired) electrons. The highest BCUT2D eigenvalue weighted by Crippen LogP contribution is 2.27. The number of ether oxygens (including phenoxy) is 2. The van der Waals surface area contributed by atoms with Crippen LogP contribution in [0.4, 0.5) is 0 Å². The summed E-state index contributed by atoms with van der Waals surface area (Å²) in [4.78, 5) is 0. The van der Waals surface area contributed by atoms with E-state index in [1.807, 2.05) is 37.3 Å². The van der Waals surface area contributed by atoms with E-state index in [0.717, 1.165) is 17.7 Å². The van der Waals surface area contributed by atoms with Crippen LogP contribution in [0.2, 0.25) is 0 Å². The molecule has 0 saturated carbocycles. The molecule has 1 heterocycles. The molecule has 0 fully saturated rings. The number of aliphatic hydroxyl groups excluding tert-OH is 1. The van der Waals surface area contributed by atoms with Crippen LogP contribution in [0.25, 0.3) is 0 Å². The van der Waals surface area contributed by atoms with Crippen LogP contribution >= 0.6 is 0 Å². The highest BCUT2D eigenvalue weighted by molar-refractivity contribution is 5.31. The molecule has 1 unspecified atom stereocenters. The van der Waals surface area contributed by atoms with Gasteiger partial charge in [0, 0.05) is 6.42 Å². The summed E-state index contributed by atoms with van der Waals surface area (Å²) in [6, 6.07) is 7.44. The predicted molar refractivity (Wildman–Crippen MR) is 61.2 cm³/mol. The molecule has 1 aromatic carbocycles. The third kappa shape index (κ3) is 2.36. The zero-order valence-corrected chi connectivity index (χ0v) is 9.35. The molecule has 1 N–H and O–H groups in total. The Labute approximate surface area is 95.3 Å². The van der Waals surface area contributed by atoms with Crippen molar-refractivity contribution in [3.8, 4) is 5.75 Å². The molecular weight excluding hydrogens is 204 g/mol. The molecule has 1 aromatic rings. The lowest BCUT2D eigenvalue weighted by molar-refractivity contribution is 0.119. The van der Waals surface area contributed by atoms with Crippen LogP contribution in [-0.4, -0.2) is 18.3 Å². The third-order valence-corrected chi connectivity index (χ3v) is 2.51. The van der Waals surface area contributed by atoms with Gasteiger partial charge in [0.15, 0.2) is 0 Å². The Balaban J connectivity index is 2.08. The number of benzene rings is 1. The summed E-state index contributed by atoms with van der Waals surface area (Å²) >= 11 is 0. The van der Waals surface area contributed by atoms with Crippen LogP contribution in [0.15, 0.2) is 36.1 Å². The minimum absolute atomic E-state index is 0.649. The zero-order chi connectivity index (χ0) is 11.4. The number of aliphatic hydroxyl groups is 1. The molecule has 0 bridgehead atoms. The van der Waals surface area contributed by atoms with Crippen molar-refractivity contribution in [2.24, 2.45) is 0 Å². The molecule has 86 valence electrons. The Morgan fingerprint density at radius 2 is 2.12 bits per heavy atom. The Hall–Kier alpha value is -1.48. The van der Waals surface area contributed by atoms with Gasteiger partial charge in [-0.3, -0.25) is 0 Å². The van der Waals surface area contributed by atoms with E-state index >= 15 is 0 Å². The van der Waals surface area contributed by atoms with Crippen LogP contribution < -0.4 is 4.74 Å². The van der Waals surface area contributed by atoms with Crippen molar-refractivity contribution >= 4 is 0 Å². The second-order valence-corrected chi connectivity index (χ2v) is 3.65. The minimum atomic E-state index is -0.654. The molecule has 16 heavy (non-hydrogen) atoms. The number of hydrogen-bond donors (Lipinski definition) is 1. The van der Waals surface area contributed by atoms with Gasteiger partial charge in [0.1, 0.15) is 17.6 Å². The largest absolute Gasteiger partial charge is 0.495 e. The average Bonchev–Trinajstić information content (AvgIpc) is 2.83. The van der Waals surface area contributed by atoms with Gasteiger partial charge < -0.3 is 14.6 Å². The van der Waals surface area contributed by atoms with Crippen LogP contribution in [0.3, 0.4) is 0 Å². The maximum absolute atomic E-state index is 10.0. The quantitative estimate of drug-likeness (QED) is 0.847. The van der Waals surface area contributed by atoms with Gasteiger partial charge in [0.2, 0.25) is 0 Å². The monoisotopic (exact) mass is 220 g/mol. The van der Waals surface area contributed by atoms with E-state index in [2.05, 4.69) is 0 Å². The smallest absolute Gasteiger partial charge is 0.136 e. The minimum Gasteiger partial charge on any atom is -0.495 e. The lowest BCUT2D eigenvalue weighted by Crippen LogP contribution is -2.02. The van der Waals surface area contributed by atoms with Crippen molar-refractivity contribution in [2.45, 2.75) is 19.4 Å². The molecule has 2 rings (SSSR count). The normalized spacial score (nSPS) is 16.5. The van der Waals surface area contributed by atoms with E-state index in [1.165, 1.54) is 0 Å². The molecule has 1 aliphatic rings. The van der Waals surface area contributed by atoms with Gasteiger partial charge in [-0.1, -0.05) is 12.1 Å². The molecular formula is C13H16O3. The lowest BCUT2D eigenvalue weighted by Gasteiger charge is -2.13.